The predicted octanol–water partition coefficient (Wildman–Crippen LogP) is 2.63. The molecule has 1 fully saturated rings. The third-order valence-corrected chi connectivity index (χ3v) is 7.44. The second-order valence-electron chi connectivity index (χ2n) is 7.11. The van der Waals surface area contributed by atoms with Crippen molar-refractivity contribution >= 4 is 39.4 Å². The molecule has 2 aliphatic rings. The van der Waals surface area contributed by atoms with E-state index in [-0.39, 0.29) is 47.0 Å². The van der Waals surface area contributed by atoms with Gasteiger partial charge in [-0.15, -0.1) is 0 Å². The lowest BCUT2D eigenvalue weighted by molar-refractivity contribution is -0.175. The molecule has 0 saturated carbocycles. The summed E-state index contributed by atoms with van der Waals surface area (Å²) in [5.41, 5.74) is 0.304. The van der Waals surface area contributed by atoms with Gasteiger partial charge in [-0.3, -0.25) is 9.59 Å². The van der Waals surface area contributed by atoms with Gasteiger partial charge >= 0.3 is 5.97 Å². The molecule has 162 valence electrons. The zero-order valence-electron chi connectivity index (χ0n) is 16.0. The molecule has 8 nitrogen and oxygen atoms in total. The molecule has 0 atom stereocenters. The molecular formula is C20H16ClFN2O6S. The first-order valence-corrected chi connectivity index (χ1v) is 11.2. The Morgan fingerprint density at radius 3 is 2.16 bits per heavy atom. The molecule has 2 amide bonds. The number of sulfonamides is 1. The van der Waals surface area contributed by atoms with Crippen LogP contribution in [-0.4, -0.2) is 48.7 Å². The summed E-state index contributed by atoms with van der Waals surface area (Å²) in [5, 5.41) is 0.136. The summed E-state index contributed by atoms with van der Waals surface area (Å²) in [5.74, 6) is -3.64. The maximum absolute atomic E-state index is 13.3. The molecule has 1 saturated heterocycles. The number of amides is 2. The van der Waals surface area contributed by atoms with Crippen molar-refractivity contribution in [2.45, 2.75) is 17.7 Å². The zero-order valence-corrected chi connectivity index (χ0v) is 17.5. The summed E-state index contributed by atoms with van der Waals surface area (Å²) >= 11 is 5.68. The van der Waals surface area contributed by atoms with Crippen LogP contribution >= 0.6 is 11.6 Å². The fourth-order valence-electron chi connectivity index (χ4n) is 3.53. The van der Waals surface area contributed by atoms with Crippen LogP contribution in [0.2, 0.25) is 5.02 Å². The Hall–Kier alpha value is -2.82. The number of nitrogens with zero attached hydrogens (tertiary/aromatic N) is 2. The summed E-state index contributed by atoms with van der Waals surface area (Å²) < 4.78 is 40.0. The van der Waals surface area contributed by atoms with Gasteiger partial charge in [0.2, 0.25) is 10.0 Å². The van der Waals surface area contributed by atoms with E-state index >= 15 is 0 Å². The molecule has 0 spiro atoms. The minimum Gasteiger partial charge on any atom is -0.329 e. The van der Waals surface area contributed by atoms with E-state index in [4.69, 9.17) is 16.4 Å². The molecule has 4 rings (SSSR count). The molecule has 0 N–H and O–H groups in total. The number of hydroxylamine groups is 2. The number of benzene rings is 2. The first-order chi connectivity index (χ1) is 14.7. The monoisotopic (exact) mass is 466 g/mol. The van der Waals surface area contributed by atoms with Crippen LogP contribution in [0.15, 0.2) is 47.4 Å². The van der Waals surface area contributed by atoms with Crippen LogP contribution in [0.25, 0.3) is 0 Å². The molecule has 0 aliphatic carbocycles. The topological polar surface area (TPSA) is 101 Å². The molecule has 2 aliphatic heterocycles. The smallest absolute Gasteiger partial charge is 0.329 e. The van der Waals surface area contributed by atoms with Crippen LogP contribution in [-0.2, 0) is 19.7 Å². The number of rotatable bonds is 4. The molecule has 2 heterocycles. The van der Waals surface area contributed by atoms with Gasteiger partial charge in [0, 0.05) is 13.1 Å². The maximum atomic E-state index is 13.3. The van der Waals surface area contributed by atoms with E-state index in [1.54, 1.807) is 12.1 Å². The Balaban J connectivity index is 1.40. The average Bonchev–Trinajstić information content (AvgIpc) is 3.00. The van der Waals surface area contributed by atoms with Crippen LogP contribution in [0.5, 0.6) is 0 Å². The van der Waals surface area contributed by atoms with Crippen molar-refractivity contribution in [3.05, 3.63) is 64.4 Å². The van der Waals surface area contributed by atoms with Crippen molar-refractivity contribution in [2.75, 3.05) is 13.1 Å². The Kier molecular flexibility index (Phi) is 5.54. The van der Waals surface area contributed by atoms with Crippen molar-refractivity contribution in [3.63, 3.8) is 0 Å². The van der Waals surface area contributed by atoms with Gasteiger partial charge in [-0.05, 0) is 43.2 Å². The molecule has 2 aromatic carbocycles. The van der Waals surface area contributed by atoms with E-state index in [9.17, 15) is 27.2 Å². The second kappa shape index (κ2) is 8.03. The van der Waals surface area contributed by atoms with Crippen LogP contribution in [0.4, 0.5) is 4.39 Å². The molecule has 11 heteroatoms. The summed E-state index contributed by atoms with van der Waals surface area (Å²) in [6.45, 7) is 0.0262. The van der Waals surface area contributed by atoms with Crippen LogP contribution < -0.4 is 0 Å². The zero-order chi connectivity index (χ0) is 22.3. The quantitative estimate of drug-likeness (QED) is 0.642. The highest BCUT2D eigenvalue weighted by molar-refractivity contribution is 7.89. The number of imide groups is 1. The number of piperidine rings is 1. The SMILES string of the molecule is O=C(ON1C(=O)c2ccccc2C1=O)C1CCN(S(=O)(=O)c2ccc(F)c(Cl)c2)CC1. The van der Waals surface area contributed by atoms with E-state index < -0.39 is 39.5 Å². The van der Waals surface area contributed by atoms with E-state index in [2.05, 4.69) is 0 Å². The van der Waals surface area contributed by atoms with Gasteiger partial charge in [0.15, 0.2) is 0 Å². The number of hydrogen-bond donors (Lipinski definition) is 0. The van der Waals surface area contributed by atoms with Crippen molar-refractivity contribution in [1.29, 1.82) is 0 Å². The third kappa shape index (κ3) is 3.82. The minimum absolute atomic E-state index is 0.0131. The highest BCUT2D eigenvalue weighted by atomic mass is 35.5. The lowest BCUT2D eigenvalue weighted by atomic mass is 9.99. The standard InChI is InChI=1S/C20H16ClFN2O6S/c21-16-11-13(5-6-17(16)22)31(28,29)23-9-7-12(8-10-23)20(27)30-24-18(25)14-3-1-2-4-15(14)19(24)26/h1-6,11-12H,7-10H2. The van der Waals surface area contributed by atoms with Gasteiger partial charge in [0.05, 0.1) is 27.0 Å². The van der Waals surface area contributed by atoms with Crippen molar-refractivity contribution in [1.82, 2.24) is 9.37 Å². The largest absolute Gasteiger partial charge is 0.336 e. The fourth-order valence-corrected chi connectivity index (χ4v) is 5.27. The van der Waals surface area contributed by atoms with Gasteiger partial charge in [0.1, 0.15) is 5.82 Å². The number of fused-ring (bicyclic) bond motifs is 1. The summed E-state index contributed by atoms with van der Waals surface area (Å²) in [7, 11) is -3.92. The van der Waals surface area contributed by atoms with Gasteiger partial charge in [0.25, 0.3) is 11.8 Å². The van der Waals surface area contributed by atoms with Crippen molar-refractivity contribution < 1.29 is 32.0 Å². The number of halogens is 2. The Morgan fingerprint density at radius 2 is 1.61 bits per heavy atom. The van der Waals surface area contributed by atoms with Crippen LogP contribution in [0.3, 0.4) is 0 Å². The number of hydrogen-bond acceptors (Lipinski definition) is 6. The van der Waals surface area contributed by atoms with Gasteiger partial charge < -0.3 is 4.84 Å². The predicted molar refractivity (Wildman–Crippen MR) is 106 cm³/mol. The first kappa shape index (κ1) is 21.4. The minimum atomic E-state index is -3.92. The third-order valence-electron chi connectivity index (χ3n) is 5.25. The van der Waals surface area contributed by atoms with E-state index in [1.807, 2.05) is 0 Å². The van der Waals surface area contributed by atoms with Gasteiger partial charge in [-0.1, -0.05) is 28.8 Å². The Labute approximate surface area is 182 Å². The molecule has 0 radical (unpaired) electrons. The van der Waals surface area contributed by atoms with Crippen molar-refractivity contribution in [3.8, 4) is 0 Å². The van der Waals surface area contributed by atoms with E-state index in [0.29, 0.717) is 5.06 Å². The maximum Gasteiger partial charge on any atom is 0.336 e. The summed E-state index contributed by atoms with van der Waals surface area (Å²) in [6.07, 6.45) is 0.270. The average molecular weight is 467 g/mol. The Bertz CT molecular complexity index is 1160. The molecule has 2 aromatic rings. The Morgan fingerprint density at radius 1 is 1.03 bits per heavy atom. The van der Waals surface area contributed by atoms with Crippen LogP contribution in [0.1, 0.15) is 33.6 Å². The highest BCUT2D eigenvalue weighted by Crippen LogP contribution is 2.28. The van der Waals surface area contributed by atoms with E-state index in [1.165, 1.54) is 16.4 Å². The number of carbonyl (C=O) groups excluding carboxylic acids is 3. The first-order valence-electron chi connectivity index (χ1n) is 9.35. The summed E-state index contributed by atoms with van der Waals surface area (Å²) in [4.78, 5) is 42.1. The molecule has 31 heavy (non-hydrogen) atoms. The summed E-state index contributed by atoms with van der Waals surface area (Å²) in [6, 6.07) is 9.26. The van der Waals surface area contributed by atoms with Gasteiger partial charge in [-0.2, -0.15) is 4.31 Å². The second-order valence-corrected chi connectivity index (χ2v) is 9.46. The van der Waals surface area contributed by atoms with Crippen molar-refractivity contribution in [2.24, 2.45) is 5.92 Å². The fraction of sp³-hybridized carbons (Fsp3) is 0.250. The normalized spacial score (nSPS) is 17.7. The van der Waals surface area contributed by atoms with Crippen LogP contribution in [0, 0.1) is 11.7 Å². The highest BCUT2D eigenvalue weighted by Gasteiger charge is 2.41. The number of carbonyl (C=O) groups is 3. The molecule has 0 unspecified atom stereocenters. The lowest BCUT2D eigenvalue weighted by Crippen LogP contribution is -2.42. The molecule has 0 aromatic heterocycles. The molecule has 0 bridgehead atoms. The molecular weight excluding hydrogens is 451 g/mol. The van der Waals surface area contributed by atoms with Gasteiger partial charge in [-0.25, -0.2) is 17.6 Å². The van der Waals surface area contributed by atoms with E-state index in [0.717, 1.165) is 18.2 Å². The lowest BCUT2D eigenvalue weighted by Gasteiger charge is -2.30.